The van der Waals surface area contributed by atoms with Crippen LogP contribution in [0.4, 0.5) is 0 Å². The topological polar surface area (TPSA) is 100 Å². The summed E-state index contributed by atoms with van der Waals surface area (Å²) in [7, 11) is 0. The van der Waals surface area contributed by atoms with E-state index in [1.54, 1.807) is 4.57 Å². The van der Waals surface area contributed by atoms with Crippen LogP contribution in [0.15, 0.2) is 40.3 Å². The average Bonchev–Trinajstić information content (AvgIpc) is 3.29. The lowest BCUT2D eigenvalue weighted by Crippen LogP contribution is -2.37. The molecule has 0 spiro atoms. The third-order valence-electron chi connectivity index (χ3n) is 3.50. The Kier molecular flexibility index (Phi) is 3.57. The van der Waals surface area contributed by atoms with E-state index >= 15 is 0 Å². The number of nitrogens with one attached hydrogen (secondary N) is 1. The second-order valence-electron chi connectivity index (χ2n) is 5.15. The second-order valence-corrected chi connectivity index (χ2v) is 6.09. The van der Waals surface area contributed by atoms with Crippen molar-refractivity contribution in [1.82, 2.24) is 14.8 Å². The maximum Gasteiger partial charge on any atom is 0.344 e. The Hall–Kier alpha value is -2.04. The van der Waals surface area contributed by atoms with Gasteiger partial charge in [-0.25, -0.2) is 9.89 Å². The molecule has 0 saturated heterocycles. The fourth-order valence-corrected chi connectivity index (χ4v) is 3.21. The van der Waals surface area contributed by atoms with Crippen molar-refractivity contribution in [3.63, 3.8) is 0 Å². The second kappa shape index (κ2) is 5.39. The van der Waals surface area contributed by atoms with Gasteiger partial charge in [0.25, 0.3) is 0 Å². The molecule has 2 aromatic rings. The zero-order valence-electron chi connectivity index (χ0n) is 11.3. The van der Waals surface area contributed by atoms with Crippen molar-refractivity contribution in [2.24, 2.45) is 5.73 Å². The fraction of sp³-hybridized carbons (Fsp3) is 0.357. The van der Waals surface area contributed by atoms with Gasteiger partial charge in [-0.05, 0) is 18.4 Å². The molecule has 1 unspecified atom stereocenters. The predicted molar refractivity (Wildman–Crippen MR) is 79.8 cm³/mol. The van der Waals surface area contributed by atoms with Crippen molar-refractivity contribution in [2.75, 3.05) is 5.75 Å². The normalized spacial score (nSPS) is 17.1. The molecule has 0 bridgehead atoms. The molecule has 6 nitrogen and oxygen atoms in total. The van der Waals surface area contributed by atoms with Crippen molar-refractivity contribution in [2.45, 2.75) is 29.6 Å². The zero-order chi connectivity index (χ0) is 14.9. The molecule has 1 aromatic heterocycles. The van der Waals surface area contributed by atoms with Crippen LogP contribution in [0.1, 0.15) is 24.4 Å². The summed E-state index contributed by atoms with van der Waals surface area (Å²) in [5, 5.41) is 16.5. The van der Waals surface area contributed by atoms with Gasteiger partial charge in [0.05, 0.1) is 6.07 Å². The number of hydrogen-bond acceptors (Lipinski definition) is 5. The van der Waals surface area contributed by atoms with E-state index < -0.39 is 5.54 Å². The molecule has 3 N–H and O–H groups in total. The predicted octanol–water partition coefficient (Wildman–Crippen LogP) is 1.38. The molecule has 1 saturated carbocycles. The Balaban J connectivity index is 1.80. The number of nitrogens with two attached hydrogens (primary N) is 1. The molecular weight excluding hydrogens is 286 g/mol. The van der Waals surface area contributed by atoms with Crippen LogP contribution in [-0.4, -0.2) is 20.5 Å². The first kappa shape index (κ1) is 13.9. The number of aromatic nitrogens is 3. The Bertz CT molecular complexity index is 728. The van der Waals surface area contributed by atoms with Crippen molar-refractivity contribution in [1.29, 1.82) is 5.26 Å². The summed E-state index contributed by atoms with van der Waals surface area (Å²) in [6.07, 6.45) is 2.00. The monoisotopic (exact) mass is 301 g/mol. The number of H-pyrrole nitrogens is 1. The first-order chi connectivity index (χ1) is 10.1. The lowest BCUT2D eigenvalue weighted by molar-refractivity contribution is 0.631. The maximum atomic E-state index is 11.7. The van der Waals surface area contributed by atoms with Gasteiger partial charge in [0, 0.05) is 11.8 Å². The summed E-state index contributed by atoms with van der Waals surface area (Å²) in [6.45, 7) is 0. The molecule has 7 heteroatoms. The Morgan fingerprint density at radius 3 is 2.81 bits per heavy atom. The Morgan fingerprint density at radius 2 is 2.19 bits per heavy atom. The van der Waals surface area contributed by atoms with Crippen molar-refractivity contribution >= 4 is 11.8 Å². The largest absolute Gasteiger partial charge is 0.344 e. The highest BCUT2D eigenvalue weighted by Gasteiger charge is 2.31. The van der Waals surface area contributed by atoms with E-state index in [0.29, 0.717) is 10.9 Å². The minimum atomic E-state index is -1.10. The van der Waals surface area contributed by atoms with Crippen LogP contribution in [0.25, 0.3) is 0 Å². The SMILES string of the molecule is N#CC(N)(CSc1n[nH]c(=O)n1C1CC1)c1ccccc1. The van der Waals surface area contributed by atoms with Gasteiger partial charge in [-0.3, -0.25) is 4.57 Å². The summed E-state index contributed by atoms with van der Waals surface area (Å²) in [6, 6.07) is 11.7. The lowest BCUT2D eigenvalue weighted by atomic mass is 9.95. The number of nitrogens with zero attached hydrogens (tertiary/aromatic N) is 3. The standard InChI is InChI=1S/C14H15N5OS/c15-8-14(16,10-4-2-1-3-5-10)9-21-13-18-17-12(20)19(13)11-6-7-11/h1-5,11H,6-7,9,16H2,(H,17,20). The van der Waals surface area contributed by atoms with E-state index in [4.69, 9.17) is 5.73 Å². The van der Waals surface area contributed by atoms with Crippen LogP contribution in [-0.2, 0) is 5.54 Å². The van der Waals surface area contributed by atoms with Gasteiger partial charge < -0.3 is 5.73 Å². The Labute approximate surface area is 126 Å². The van der Waals surface area contributed by atoms with Gasteiger partial charge in [0.2, 0.25) is 0 Å². The highest BCUT2D eigenvalue weighted by atomic mass is 32.2. The molecule has 0 amide bonds. The first-order valence-electron chi connectivity index (χ1n) is 6.69. The summed E-state index contributed by atoms with van der Waals surface area (Å²) in [4.78, 5) is 11.7. The third kappa shape index (κ3) is 2.73. The number of aromatic amines is 1. The number of benzene rings is 1. The van der Waals surface area contributed by atoms with Crippen LogP contribution in [0.2, 0.25) is 0 Å². The summed E-state index contributed by atoms with van der Waals surface area (Å²) in [5.74, 6) is 0.338. The number of nitriles is 1. The van der Waals surface area contributed by atoms with Crippen LogP contribution < -0.4 is 11.4 Å². The van der Waals surface area contributed by atoms with E-state index in [1.807, 2.05) is 30.3 Å². The lowest BCUT2D eigenvalue weighted by Gasteiger charge is -2.21. The number of rotatable bonds is 5. The van der Waals surface area contributed by atoms with Crippen molar-refractivity contribution in [3.05, 3.63) is 46.4 Å². The summed E-state index contributed by atoms with van der Waals surface area (Å²) >= 11 is 1.34. The minimum absolute atomic E-state index is 0.195. The first-order valence-corrected chi connectivity index (χ1v) is 7.68. The highest BCUT2D eigenvalue weighted by Crippen LogP contribution is 2.36. The van der Waals surface area contributed by atoms with Crippen molar-refractivity contribution < 1.29 is 0 Å². The molecule has 1 fully saturated rings. The van der Waals surface area contributed by atoms with E-state index in [0.717, 1.165) is 18.4 Å². The Morgan fingerprint density at radius 1 is 1.48 bits per heavy atom. The molecule has 108 valence electrons. The molecule has 1 atom stereocenters. The van der Waals surface area contributed by atoms with Crippen LogP contribution in [0.5, 0.6) is 0 Å². The highest BCUT2D eigenvalue weighted by molar-refractivity contribution is 7.99. The molecule has 21 heavy (non-hydrogen) atoms. The van der Waals surface area contributed by atoms with Gasteiger partial charge in [-0.2, -0.15) is 5.26 Å². The summed E-state index contributed by atoms with van der Waals surface area (Å²) < 4.78 is 1.66. The zero-order valence-corrected chi connectivity index (χ0v) is 12.1. The average molecular weight is 301 g/mol. The maximum absolute atomic E-state index is 11.7. The van der Waals surface area contributed by atoms with Crippen LogP contribution >= 0.6 is 11.8 Å². The van der Waals surface area contributed by atoms with Gasteiger partial charge in [-0.1, -0.05) is 42.1 Å². The number of thioether (sulfide) groups is 1. The quantitative estimate of drug-likeness (QED) is 0.812. The fourth-order valence-electron chi connectivity index (χ4n) is 2.14. The van der Waals surface area contributed by atoms with Gasteiger partial charge >= 0.3 is 5.69 Å². The molecule has 1 heterocycles. The molecule has 0 radical (unpaired) electrons. The minimum Gasteiger partial charge on any atom is -0.309 e. The van der Waals surface area contributed by atoms with E-state index in [-0.39, 0.29) is 11.7 Å². The van der Waals surface area contributed by atoms with Crippen LogP contribution in [0.3, 0.4) is 0 Å². The molecule has 1 aliphatic carbocycles. The van der Waals surface area contributed by atoms with E-state index in [2.05, 4.69) is 16.3 Å². The van der Waals surface area contributed by atoms with Gasteiger partial charge in [0.15, 0.2) is 5.16 Å². The molecule has 0 aliphatic heterocycles. The van der Waals surface area contributed by atoms with E-state index in [1.165, 1.54) is 11.8 Å². The third-order valence-corrected chi connectivity index (χ3v) is 4.65. The smallest absolute Gasteiger partial charge is 0.309 e. The van der Waals surface area contributed by atoms with Crippen molar-refractivity contribution in [3.8, 4) is 6.07 Å². The summed E-state index contributed by atoms with van der Waals surface area (Å²) in [5.41, 5.74) is 5.67. The number of hydrogen-bond donors (Lipinski definition) is 2. The van der Waals surface area contributed by atoms with E-state index in [9.17, 15) is 10.1 Å². The van der Waals surface area contributed by atoms with Gasteiger partial charge in [0.1, 0.15) is 5.54 Å². The molecular formula is C14H15N5OS. The molecule has 3 rings (SSSR count). The van der Waals surface area contributed by atoms with Crippen LogP contribution in [0, 0.1) is 11.3 Å². The molecule has 1 aliphatic rings. The molecule has 1 aromatic carbocycles. The van der Waals surface area contributed by atoms with Gasteiger partial charge in [-0.15, -0.1) is 5.10 Å².